The molecule has 1 aromatic rings. The molecule has 106 valence electrons. The first-order chi connectivity index (χ1) is 8.73. The van der Waals surface area contributed by atoms with Gasteiger partial charge in [-0.15, -0.1) is 0 Å². The molecular weight excluding hydrogens is 400 g/mol. The minimum absolute atomic E-state index is 0.0264. The van der Waals surface area contributed by atoms with E-state index in [4.69, 9.17) is 5.73 Å². The largest absolute Gasteiger partial charge is 0.399 e. The lowest BCUT2D eigenvalue weighted by Crippen LogP contribution is -2.47. The highest BCUT2D eigenvalue weighted by atomic mass is 79.9. The van der Waals surface area contributed by atoms with Crippen LogP contribution in [-0.4, -0.2) is 25.7 Å². The molecule has 0 aromatic heterocycles. The summed E-state index contributed by atoms with van der Waals surface area (Å²) in [5.74, 6) is 0. The summed E-state index contributed by atoms with van der Waals surface area (Å²) < 4.78 is 27.7. The van der Waals surface area contributed by atoms with Crippen molar-refractivity contribution in [1.29, 1.82) is 0 Å². The molecule has 5 nitrogen and oxygen atoms in total. The van der Waals surface area contributed by atoms with Crippen molar-refractivity contribution in [3.63, 3.8) is 0 Å². The Morgan fingerprint density at radius 2 is 1.84 bits per heavy atom. The van der Waals surface area contributed by atoms with Crippen molar-refractivity contribution in [2.75, 3.05) is 12.3 Å². The molecule has 0 radical (unpaired) electrons. The lowest BCUT2D eigenvalue weighted by molar-refractivity contribution is -0.0270. The Balaban J connectivity index is 2.24. The Bertz CT molecular complexity index is 577. The summed E-state index contributed by atoms with van der Waals surface area (Å²) in [6.07, 6.45) is 2.17. The van der Waals surface area contributed by atoms with Crippen LogP contribution in [0.1, 0.15) is 19.3 Å². The number of aliphatic hydroxyl groups is 1. The second-order valence-electron chi connectivity index (χ2n) is 4.72. The van der Waals surface area contributed by atoms with E-state index in [1.807, 2.05) is 0 Å². The second kappa shape index (κ2) is 5.33. The van der Waals surface area contributed by atoms with Crippen LogP contribution < -0.4 is 10.5 Å². The molecule has 1 fully saturated rings. The third kappa shape index (κ3) is 3.30. The molecule has 0 atom stereocenters. The van der Waals surface area contributed by atoms with Crippen LogP contribution in [0.15, 0.2) is 26.0 Å². The third-order valence-corrected chi connectivity index (χ3v) is 6.44. The minimum atomic E-state index is -3.71. The van der Waals surface area contributed by atoms with Crippen molar-refractivity contribution >= 4 is 47.6 Å². The highest BCUT2D eigenvalue weighted by molar-refractivity contribution is 9.11. The van der Waals surface area contributed by atoms with Gasteiger partial charge in [0.2, 0.25) is 10.0 Å². The zero-order chi connectivity index (χ0) is 14.3. The number of nitrogens with one attached hydrogen (secondary N) is 1. The second-order valence-corrected chi connectivity index (χ2v) is 8.13. The van der Waals surface area contributed by atoms with Crippen molar-refractivity contribution in [3.05, 3.63) is 21.1 Å². The molecule has 0 heterocycles. The van der Waals surface area contributed by atoms with E-state index in [1.54, 1.807) is 0 Å². The Morgan fingerprint density at radius 1 is 1.32 bits per heavy atom. The average Bonchev–Trinajstić information content (AvgIpc) is 2.22. The molecule has 0 spiro atoms. The molecule has 1 aromatic carbocycles. The van der Waals surface area contributed by atoms with Gasteiger partial charge in [0, 0.05) is 21.2 Å². The summed E-state index contributed by atoms with van der Waals surface area (Å²) in [5, 5.41) is 9.93. The average molecular weight is 414 g/mol. The number of nitrogens with two attached hydrogens (primary N) is 1. The number of hydrogen-bond acceptors (Lipinski definition) is 4. The number of anilines is 1. The first kappa shape index (κ1) is 15.2. The Morgan fingerprint density at radius 3 is 2.26 bits per heavy atom. The van der Waals surface area contributed by atoms with Crippen LogP contribution in [0.5, 0.6) is 0 Å². The van der Waals surface area contributed by atoms with E-state index in [0.717, 1.165) is 6.42 Å². The maximum atomic E-state index is 12.2. The predicted octanol–water partition coefficient (Wildman–Crippen LogP) is 1.99. The van der Waals surface area contributed by atoms with Crippen molar-refractivity contribution in [2.24, 2.45) is 0 Å². The highest BCUT2D eigenvalue weighted by Gasteiger charge is 2.36. The maximum Gasteiger partial charge on any atom is 0.242 e. The molecule has 0 unspecified atom stereocenters. The van der Waals surface area contributed by atoms with E-state index in [-0.39, 0.29) is 11.4 Å². The third-order valence-electron chi connectivity index (χ3n) is 3.16. The van der Waals surface area contributed by atoms with Crippen LogP contribution in [0.25, 0.3) is 0 Å². The summed E-state index contributed by atoms with van der Waals surface area (Å²) in [6, 6.07) is 3.05. The van der Waals surface area contributed by atoms with E-state index >= 15 is 0 Å². The molecule has 4 N–H and O–H groups in total. The Kier molecular flexibility index (Phi) is 4.27. The fraction of sp³-hybridized carbons (Fsp3) is 0.455. The topological polar surface area (TPSA) is 92.4 Å². The molecule has 2 rings (SSSR count). The monoisotopic (exact) mass is 412 g/mol. The first-order valence-electron chi connectivity index (χ1n) is 5.70. The van der Waals surface area contributed by atoms with Gasteiger partial charge >= 0.3 is 0 Å². The van der Waals surface area contributed by atoms with Crippen LogP contribution in [0.4, 0.5) is 5.69 Å². The van der Waals surface area contributed by atoms with E-state index < -0.39 is 15.6 Å². The van der Waals surface area contributed by atoms with Crippen molar-refractivity contribution in [1.82, 2.24) is 4.72 Å². The van der Waals surface area contributed by atoms with Crippen LogP contribution in [-0.2, 0) is 10.0 Å². The quantitative estimate of drug-likeness (QED) is 0.658. The summed E-state index contributed by atoms with van der Waals surface area (Å²) >= 11 is 6.39. The Labute approximate surface area is 128 Å². The molecular formula is C11H14Br2N2O3S. The number of nitrogen functional groups attached to an aromatic ring is 1. The van der Waals surface area contributed by atoms with Gasteiger partial charge in [0.25, 0.3) is 0 Å². The summed E-state index contributed by atoms with van der Waals surface area (Å²) in [4.78, 5) is 0.0876. The van der Waals surface area contributed by atoms with E-state index in [1.165, 1.54) is 12.1 Å². The van der Waals surface area contributed by atoms with Gasteiger partial charge in [-0.25, -0.2) is 13.1 Å². The lowest BCUT2D eigenvalue weighted by Gasteiger charge is -2.36. The molecule has 0 saturated heterocycles. The SMILES string of the molecule is Nc1cc(Br)c(S(=O)(=O)NCC2(O)CCC2)c(Br)c1. The van der Waals surface area contributed by atoms with Gasteiger partial charge in [-0.05, 0) is 63.3 Å². The fourth-order valence-electron chi connectivity index (χ4n) is 1.90. The number of benzene rings is 1. The van der Waals surface area contributed by atoms with E-state index in [0.29, 0.717) is 27.5 Å². The zero-order valence-corrected chi connectivity index (χ0v) is 14.0. The minimum Gasteiger partial charge on any atom is -0.399 e. The van der Waals surface area contributed by atoms with Crippen molar-refractivity contribution in [3.8, 4) is 0 Å². The van der Waals surface area contributed by atoms with Crippen LogP contribution >= 0.6 is 31.9 Å². The number of hydrogen-bond donors (Lipinski definition) is 3. The van der Waals surface area contributed by atoms with Gasteiger partial charge in [0.1, 0.15) is 4.90 Å². The zero-order valence-electron chi connectivity index (χ0n) is 9.99. The lowest BCUT2D eigenvalue weighted by atomic mass is 9.81. The normalized spacial score (nSPS) is 18.1. The van der Waals surface area contributed by atoms with Crippen LogP contribution in [0.3, 0.4) is 0 Å². The van der Waals surface area contributed by atoms with Crippen molar-refractivity contribution in [2.45, 2.75) is 29.8 Å². The number of rotatable bonds is 4. The maximum absolute atomic E-state index is 12.2. The van der Waals surface area contributed by atoms with E-state index in [2.05, 4.69) is 36.6 Å². The molecule has 0 aliphatic heterocycles. The smallest absolute Gasteiger partial charge is 0.242 e. The molecule has 1 saturated carbocycles. The number of halogens is 2. The van der Waals surface area contributed by atoms with Gasteiger partial charge in [-0.1, -0.05) is 0 Å². The Hall–Kier alpha value is -0.150. The molecule has 0 amide bonds. The fourth-order valence-corrected chi connectivity index (χ4v) is 5.63. The van der Waals surface area contributed by atoms with Crippen LogP contribution in [0.2, 0.25) is 0 Å². The summed E-state index contributed by atoms with van der Waals surface area (Å²) in [7, 11) is -3.71. The summed E-state index contributed by atoms with van der Waals surface area (Å²) in [6.45, 7) is 0.0264. The van der Waals surface area contributed by atoms with Gasteiger partial charge in [-0.2, -0.15) is 0 Å². The molecule has 1 aliphatic carbocycles. The number of sulfonamides is 1. The first-order valence-corrected chi connectivity index (χ1v) is 8.77. The highest BCUT2D eigenvalue weighted by Crippen LogP contribution is 2.34. The van der Waals surface area contributed by atoms with Gasteiger partial charge < -0.3 is 10.8 Å². The van der Waals surface area contributed by atoms with Crippen LogP contribution in [0, 0.1) is 0 Å². The summed E-state index contributed by atoms with van der Waals surface area (Å²) in [5.41, 5.74) is 5.18. The van der Waals surface area contributed by atoms with Crippen molar-refractivity contribution < 1.29 is 13.5 Å². The van der Waals surface area contributed by atoms with Gasteiger partial charge in [0.15, 0.2) is 0 Å². The molecule has 8 heteroatoms. The van der Waals surface area contributed by atoms with E-state index in [9.17, 15) is 13.5 Å². The predicted molar refractivity (Wildman–Crippen MR) is 80.2 cm³/mol. The molecule has 19 heavy (non-hydrogen) atoms. The molecule has 1 aliphatic rings. The molecule has 0 bridgehead atoms. The van der Waals surface area contributed by atoms with Gasteiger partial charge in [-0.3, -0.25) is 0 Å². The van der Waals surface area contributed by atoms with Gasteiger partial charge in [0.05, 0.1) is 5.60 Å². The standard InChI is InChI=1S/C11H14Br2N2O3S/c12-8-4-7(14)5-9(13)10(8)19(17,18)15-6-11(16)2-1-3-11/h4-5,15-16H,1-3,6,14H2.